The molecule has 0 rings (SSSR count). The van der Waals surface area contributed by atoms with E-state index in [0.717, 1.165) is 6.42 Å². The zero-order chi connectivity index (χ0) is 13.6. The Kier molecular flexibility index (Phi) is 6.57. The van der Waals surface area contributed by atoms with Crippen molar-refractivity contribution >= 4 is 12.0 Å². The largest absolute Gasteiger partial charge is 0.480 e. The molecule has 1 unspecified atom stereocenters. The van der Waals surface area contributed by atoms with Gasteiger partial charge in [0.15, 0.2) is 6.04 Å². The van der Waals surface area contributed by atoms with Crippen molar-refractivity contribution in [2.75, 3.05) is 13.7 Å². The molecule has 6 heteroatoms. The second-order valence-electron chi connectivity index (χ2n) is 4.61. The monoisotopic (exact) mass is 246 g/mol. The van der Waals surface area contributed by atoms with Gasteiger partial charge < -0.3 is 20.4 Å². The molecule has 0 saturated carbocycles. The van der Waals surface area contributed by atoms with Crippen LogP contribution in [0.3, 0.4) is 0 Å². The van der Waals surface area contributed by atoms with E-state index in [2.05, 4.69) is 19.2 Å². The SMILES string of the molecule is CC(C)CC(C)N(C)C(=O)N[C@@H](CO)C(=O)O. The molecule has 17 heavy (non-hydrogen) atoms. The molecular formula is C11H22N2O4. The predicted octanol–water partition coefficient (Wildman–Crippen LogP) is 0.508. The third-order valence-corrected chi connectivity index (χ3v) is 2.57. The first-order chi connectivity index (χ1) is 7.79. The van der Waals surface area contributed by atoms with Gasteiger partial charge in [0.25, 0.3) is 0 Å². The minimum absolute atomic E-state index is 0.0168. The van der Waals surface area contributed by atoms with Crippen LogP contribution in [0, 0.1) is 5.92 Å². The molecule has 0 aliphatic rings. The van der Waals surface area contributed by atoms with Gasteiger partial charge in [-0.1, -0.05) is 13.8 Å². The van der Waals surface area contributed by atoms with Crippen LogP contribution in [-0.2, 0) is 4.79 Å². The van der Waals surface area contributed by atoms with Crippen molar-refractivity contribution in [3.05, 3.63) is 0 Å². The summed E-state index contributed by atoms with van der Waals surface area (Å²) in [4.78, 5) is 23.8. The molecule has 2 atom stereocenters. The molecule has 0 spiro atoms. The van der Waals surface area contributed by atoms with Crippen molar-refractivity contribution in [3.63, 3.8) is 0 Å². The van der Waals surface area contributed by atoms with E-state index in [1.165, 1.54) is 4.90 Å². The quantitative estimate of drug-likeness (QED) is 0.637. The number of aliphatic hydroxyl groups is 1. The minimum Gasteiger partial charge on any atom is -0.480 e. The molecule has 0 aromatic heterocycles. The third kappa shape index (κ3) is 5.53. The van der Waals surface area contributed by atoms with Crippen LogP contribution in [-0.4, -0.2) is 52.9 Å². The highest BCUT2D eigenvalue weighted by Crippen LogP contribution is 2.09. The number of carboxylic acids is 1. The van der Waals surface area contributed by atoms with Gasteiger partial charge in [0.05, 0.1) is 6.61 Å². The van der Waals surface area contributed by atoms with Crippen LogP contribution in [0.1, 0.15) is 27.2 Å². The van der Waals surface area contributed by atoms with E-state index >= 15 is 0 Å². The molecule has 6 nitrogen and oxygen atoms in total. The zero-order valence-corrected chi connectivity index (χ0v) is 10.8. The second kappa shape index (κ2) is 7.11. The Labute approximate surface area is 102 Å². The summed E-state index contributed by atoms with van der Waals surface area (Å²) >= 11 is 0. The van der Waals surface area contributed by atoms with Gasteiger partial charge in [0.2, 0.25) is 0 Å². The number of hydrogen-bond acceptors (Lipinski definition) is 3. The number of carboxylic acid groups (broad SMARTS) is 1. The van der Waals surface area contributed by atoms with Crippen LogP contribution >= 0.6 is 0 Å². The van der Waals surface area contributed by atoms with Crippen molar-refractivity contribution in [2.45, 2.75) is 39.3 Å². The first kappa shape index (κ1) is 15.7. The van der Waals surface area contributed by atoms with E-state index in [1.54, 1.807) is 7.05 Å². The number of urea groups is 1. The standard InChI is InChI=1S/C11H22N2O4/c1-7(2)5-8(3)13(4)11(17)12-9(6-14)10(15)16/h7-9,14H,5-6H2,1-4H3,(H,12,17)(H,15,16)/t8?,9-/m0/s1. The zero-order valence-electron chi connectivity index (χ0n) is 10.8. The Morgan fingerprint density at radius 2 is 1.82 bits per heavy atom. The molecule has 0 aromatic carbocycles. The highest BCUT2D eigenvalue weighted by molar-refractivity contribution is 5.82. The lowest BCUT2D eigenvalue weighted by Gasteiger charge is -2.27. The number of rotatable bonds is 6. The molecule has 0 aromatic rings. The Morgan fingerprint density at radius 1 is 1.29 bits per heavy atom. The number of aliphatic hydroxyl groups excluding tert-OH is 1. The van der Waals surface area contributed by atoms with Gasteiger partial charge in [-0.3, -0.25) is 0 Å². The number of carbonyl (C=O) groups excluding carboxylic acids is 1. The maximum absolute atomic E-state index is 11.7. The molecule has 3 N–H and O–H groups in total. The second-order valence-corrected chi connectivity index (χ2v) is 4.61. The molecule has 0 aliphatic carbocycles. The topological polar surface area (TPSA) is 89.9 Å². The summed E-state index contributed by atoms with van der Waals surface area (Å²) in [5.74, 6) is -0.792. The molecule has 0 saturated heterocycles. The highest BCUT2D eigenvalue weighted by atomic mass is 16.4. The Balaban J connectivity index is 4.34. The van der Waals surface area contributed by atoms with Gasteiger partial charge in [-0.15, -0.1) is 0 Å². The number of carbonyl (C=O) groups is 2. The minimum atomic E-state index is -1.25. The van der Waals surface area contributed by atoms with E-state index in [-0.39, 0.29) is 6.04 Å². The van der Waals surface area contributed by atoms with Crippen LogP contribution in [0.25, 0.3) is 0 Å². The van der Waals surface area contributed by atoms with Gasteiger partial charge in [-0.25, -0.2) is 9.59 Å². The number of nitrogens with zero attached hydrogens (tertiary/aromatic N) is 1. The molecular weight excluding hydrogens is 224 g/mol. The number of aliphatic carboxylic acids is 1. The summed E-state index contributed by atoms with van der Waals surface area (Å²) in [7, 11) is 1.61. The van der Waals surface area contributed by atoms with Crippen molar-refractivity contribution in [2.24, 2.45) is 5.92 Å². The summed E-state index contributed by atoms with van der Waals surface area (Å²) in [5.41, 5.74) is 0. The average molecular weight is 246 g/mol. The van der Waals surface area contributed by atoms with E-state index < -0.39 is 24.6 Å². The number of nitrogens with one attached hydrogen (secondary N) is 1. The fraction of sp³-hybridized carbons (Fsp3) is 0.818. The lowest BCUT2D eigenvalue weighted by molar-refractivity contribution is -0.140. The van der Waals surface area contributed by atoms with Crippen LogP contribution in [0.15, 0.2) is 0 Å². The van der Waals surface area contributed by atoms with Crippen LogP contribution in [0.4, 0.5) is 4.79 Å². The van der Waals surface area contributed by atoms with Crippen molar-refractivity contribution in [1.82, 2.24) is 10.2 Å². The normalized spacial score (nSPS) is 14.2. The maximum Gasteiger partial charge on any atom is 0.328 e. The summed E-state index contributed by atoms with van der Waals surface area (Å²) in [6.07, 6.45) is 0.834. The molecule has 0 radical (unpaired) electrons. The van der Waals surface area contributed by atoms with Crippen LogP contribution < -0.4 is 5.32 Å². The van der Waals surface area contributed by atoms with Gasteiger partial charge >= 0.3 is 12.0 Å². The summed E-state index contributed by atoms with van der Waals surface area (Å²) in [5, 5.41) is 19.7. The Morgan fingerprint density at radius 3 is 2.18 bits per heavy atom. The van der Waals surface area contributed by atoms with Crippen molar-refractivity contribution < 1.29 is 19.8 Å². The summed E-state index contributed by atoms with van der Waals surface area (Å²) < 4.78 is 0. The van der Waals surface area contributed by atoms with E-state index in [0.29, 0.717) is 5.92 Å². The fourth-order valence-corrected chi connectivity index (χ4v) is 1.48. The fourth-order valence-electron chi connectivity index (χ4n) is 1.48. The lowest BCUT2D eigenvalue weighted by Crippen LogP contribution is -2.50. The molecule has 0 heterocycles. The first-order valence-electron chi connectivity index (χ1n) is 5.66. The van der Waals surface area contributed by atoms with Gasteiger partial charge in [0, 0.05) is 13.1 Å². The Bertz CT molecular complexity index is 268. The summed E-state index contributed by atoms with van der Waals surface area (Å²) in [6.45, 7) is 5.38. The summed E-state index contributed by atoms with van der Waals surface area (Å²) in [6, 6.07) is -1.72. The number of amides is 2. The lowest BCUT2D eigenvalue weighted by atomic mass is 10.0. The smallest absolute Gasteiger partial charge is 0.328 e. The van der Waals surface area contributed by atoms with Crippen molar-refractivity contribution in [1.29, 1.82) is 0 Å². The molecule has 0 bridgehead atoms. The van der Waals surface area contributed by atoms with Crippen LogP contribution in [0.2, 0.25) is 0 Å². The van der Waals surface area contributed by atoms with Crippen LogP contribution in [0.5, 0.6) is 0 Å². The molecule has 0 aliphatic heterocycles. The van der Waals surface area contributed by atoms with E-state index in [9.17, 15) is 9.59 Å². The Hall–Kier alpha value is -1.30. The highest BCUT2D eigenvalue weighted by Gasteiger charge is 2.23. The van der Waals surface area contributed by atoms with E-state index in [1.807, 2.05) is 6.92 Å². The van der Waals surface area contributed by atoms with Gasteiger partial charge in [0.1, 0.15) is 0 Å². The van der Waals surface area contributed by atoms with Gasteiger partial charge in [-0.2, -0.15) is 0 Å². The maximum atomic E-state index is 11.7. The molecule has 100 valence electrons. The molecule has 0 fully saturated rings. The molecule has 2 amide bonds. The first-order valence-corrected chi connectivity index (χ1v) is 5.66. The van der Waals surface area contributed by atoms with E-state index in [4.69, 9.17) is 10.2 Å². The van der Waals surface area contributed by atoms with Gasteiger partial charge in [-0.05, 0) is 19.3 Å². The average Bonchev–Trinajstić information content (AvgIpc) is 2.22. The third-order valence-electron chi connectivity index (χ3n) is 2.57. The predicted molar refractivity (Wildman–Crippen MR) is 63.7 cm³/mol. The number of hydrogen-bond donors (Lipinski definition) is 3. The van der Waals surface area contributed by atoms with Crippen molar-refractivity contribution in [3.8, 4) is 0 Å².